The maximum absolute atomic E-state index is 11.2. The minimum Gasteiger partial charge on any atom is -0.469 e. The highest BCUT2D eigenvalue weighted by molar-refractivity contribution is 5.73. The Morgan fingerprint density at radius 3 is 2.75 bits per heavy atom. The highest BCUT2D eigenvalue weighted by atomic mass is 16.5. The lowest BCUT2D eigenvalue weighted by Crippen LogP contribution is -2.45. The van der Waals surface area contributed by atoms with E-state index < -0.39 is 0 Å². The van der Waals surface area contributed by atoms with Gasteiger partial charge in [-0.15, -0.1) is 0 Å². The van der Waals surface area contributed by atoms with Gasteiger partial charge < -0.3 is 10.1 Å². The molecule has 1 spiro atoms. The van der Waals surface area contributed by atoms with Gasteiger partial charge in [0.15, 0.2) is 0 Å². The Hall–Kier alpha value is -0.570. The molecule has 1 saturated heterocycles. The highest BCUT2D eigenvalue weighted by Gasteiger charge is 2.45. The molecule has 1 saturated carbocycles. The van der Waals surface area contributed by atoms with Crippen molar-refractivity contribution in [1.82, 2.24) is 5.32 Å². The first-order chi connectivity index (χ1) is 5.76. The van der Waals surface area contributed by atoms with Gasteiger partial charge in [-0.1, -0.05) is 0 Å². The summed E-state index contributed by atoms with van der Waals surface area (Å²) in [5.41, 5.74) is 0.318. The molecule has 0 radical (unpaired) electrons. The van der Waals surface area contributed by atoms with Crippen LogP contribution in [0.5, 0.6) is 0 Å². The molecule has 0 aromatic rings. The average Bonchev–Trinajstić information content (AvgIpc) is 2.46. The Kier molecular flexibility index (Phi) is 1.83. The first-order valence-corrected chi connectivity index (χ1v) is 4.59. The van der Waals surface area contributed by atoms with Crippen molar-refractivity contribution in [2.24, 2.45) is 5.92 Å². The average molecular weight is 169 g/mol. The molecule has 0 aromatic heterocycles. The number of hydrogen-bond donors (Lipinski definition) is 1. The molecule has 2 aliphatic rings. The second kappa shape index (κ2) is 2.73. The van der Waals surface area contributed by atoms with Crippen LogP contribution in [0.15, 0.2) is 0 Å². The highest BCUT2D eigenvalue weighted by Crippen LogP contribution is 2.41. The van der Waals surface area contributed by atoms with Crippen LogP contribution in [-0.4, -0.2) is 25.2 Å². The van der Waals surface area contributed by atoms with Gasteiger partial charge in [-0.3, -0.25) is 4.79 Å². The van der Waals surface area contributed by atoms with Gasteiger partial charge in [0.05, 0.1) is 13.0 Å². The van der Waals surface area contributed by atoms with Gasteiger partial charge in [-0.25, -0.2) is 0 Å². The fourth-order valence-corrected chi connectivity index (χ4v) is 2.27. The summed E-state index contributed by atoms with van der Waals surface area (Å²) in [6, 6.07) is 0. The Labute approximate surface area is 72.5 Å². The lowest BCUT2D eigenvalue weighted by atomic mass is 9.74. The zero-order chi connectivity index (χ0) is 8.60. The van der Waals surface area contributed by atoms with E-state index in [1.807, 2.05) is 0 Å². The predicted octanol–water partition coefficient (Wildman–Crippen LogP) is 0.692. The molecule has 0 amide bonds. The second-order valence-corrected chi connectivity index (χ2v) is 3.94. The smallest absolute Gasteiger partial charge is 0.310 e. The molecule has 0 bridgehead atoms. The molecule has 3 nitrogen and oxygen atoms in total. The molecule has 3 heteroatoms. The monoisotopic (exact) mass is 169 g/mol. The van der Waals surface area contributed by atoms with Crippen molar-refractivity contribution in [1.29, 1.82) is 0 Å². The van der Waals surface area contributed by atoms with Crippen LogP contribution in [0.2, 0.25) is 0 Å². The predicted molar refractivity (Wildman–Crippen MR) is 44.7 cm³/mol. The van der Waals surface area contributed by atoms with E-state index in [4.69, 9.17) is 4.74 Å². The first kappa shape index (κ1) is 8.05. The third kappa shape index (κ3) is 1.12. The quantitative estimate of drug-likeness (QED) is 0.587. The van der Waals surface area contributed by atoms with E-state index in [0.29, 0.717) is 5.54 Å². The van der Waals surface area contributed by atoms with Crippen LogP contribution in [0.25, 0.3) is 0 Å². The van der Waals surface area contributed by atoms with Gasteiger partial charge in [0.1, 0.15) is 0 Å². The van der Waals surface area contributed by atoms with Crippen LogP contribution in [0, 0.1) is 5.92 Å². The van der Waals surface area contributed by atoms with Crippen LogP contribution in [0.3, 0.4) is 0 Å². The fourth-order valence-electron chi connectivity index (χ4n) is 2.27. The topological polar surface area (TPSA) is 38.3 Å². The molecule has 1 aliphatic carbocycles. The molecule has 2 rings (SSSR count). The molecule has 1 unspecified atom stereocenters. The number of ether oxygens (including phenoxy) is 1. The normalized spacial score (nSPS) is 31.6. The number of hydrogen-bond acceptors (Lipinski definition) is 3. The van der Waals surface area contributed by atoms with Crippen LogP contribution >= 0.6 is 0 Å². The lowest BCUT2D eigenvalue weighted by Gasteiger charge is -2.38. The van der Waals surface area contributed by atoms with Gasteiger partial charge in [0.2, 0.25) is 0 Å². The van der Waals surface area contributed by atoms with Gasteiger partial charge >= 0.3 is 5.97 Å². The second-order valence-electron chi connectivity index (χ2n) is 3.94. The lowest BCUT2D eigenvalue weighted by molar-refractivity contribution is -0.144. The summed E-state index contributed by atoms with van der Waals surface area (Å²) in [6.45, 7) is 0.812. The molecular weight excluding hydrogens is 154 g/mol. The Morgan fingerprint density at radius 1 is 1.58 bits per heavy atom. The van der Waals surface area contributed by atoms with E-state index in [1.54, 1.807) is 0 Å². The van der Waals surface area contributed by atoms with Crippen LogP contribution < -0.4 is 5.32 Å². The molecule has 1 N–H and O–H groups in total. The molecular formula is C9H15NO2. The van der Waals surface area contributed by atoms with Crippen molar-refractivity contribution in [3.63, 3.8) is 0 Å². The SMILES string of the molecule is COC(=O)C1CNC2(CCC2)C1. The van der Waals surface area contributed by atoms with Gasteiger partial charge in [-0.05, 0) is 25.7 Å². The molecule has 1 heterocycles. The third-order valence-corrected chi connectivity index (χ3v) is 3.21. The molecule has 1 atom stereocenters. The Balaban J connectivity index is 1.93. The summed E-state index contributed by atoms with van der Waals surface area (Å²) >= 11 is 0. The van der Waals surface area contributed by atoms with Crippen molar-refractivity contribution >= 4 is 5.97 Å². The van der Waals surface area contributed by atoms with Gasteiger partial charge in [-0.2, -0.15) is 0 Å². The summed E-state index contributed by atoms with van der Waals surface area (Å²) in [7, 11) is 1.47. The minimum atomic E-state index is -0.0497. The van der Waals surface area contributed by atoms with E-state index in [9.17, 15) is 4.79 Å². The van der Waals surface area contributed by atoms with E-state index in [-0.39, 0.29) is 11.9 Å². The zero-order valence-corrected chi connectivity index (χ0v) is 7.43. The number of rotatable bonds is 1. The van der Waals surface area contributed by atoms with Gasteiger partial charge in [0, 0.05) is 12.1 Å². The maximum atomic E-state index is 11.2. The summed E-state index contributed by atoms with van der Waals surface area (Å²) in [5, 5.41) is 3.43. The molecule has 2 fully saturated rings. The number of methoxy groups -OCH3 is 1. The third-order valence-electron chi connectivity index (χ3n) is 3.21. The molecule has 12 heavy (non-hydrogen) atoms. The zero-order valence-electron chi connectivity index (χ0n) is 7.43. The van der Waals surface area contributed by atoms with Crippen LogP contribution in [-0.2, 0) is 9.53 Å². The summed E-state index contributed by atoms with van der Waals surface area (Å²) in [6.07, 6.45) is 4.77. The van der Waals surface area contributed by atoms with E-state index in [0.717, 1.165) is 13.0 Å². The van der Waals surface area contributed by atoms with Crippen LogP contribution in [0.4, 0.5) is 0 Å². The van der Waals surface area contributed by atoms with Crippen molar-refractivity contribution in [2.45, 2.75) is 31.2 Å². The Morgan fingerprint density at radius 2 is 2.33 bits per heavy atom. The van der Waals surface area contributed by atoms with Crippen molar-refractivity contribution in [3.05, 3.63) is 0 Å². The molecule has 1 aliphatic heterocycles. The minimum absolute atomic E-state index is 0.0497. The maximum Gasteiger partial charge on any atom is 0.310 e. The van der Waals surface area contributed by atoms with Crippen molar-refractivity contribution in [3.8, 4) is 0 Å². The molecule has 0 aromatic carbocycles. The standard InChI is InChI=1S/C9H15NO2/c1-12-8(11)7-5-9(10-6-7)3-2-4-9/h7,10H,2-6H2,1H3. The van der Waals surface area contributed by atoms with Crippen molar-refractivity contribution < 1.29 is 9.53 Å². The number of carbonyl (C=O) groups excluding carboxylic acids is 1. The van der Waals surface area contributed by atoms with Crippen molar-refractivity contribution in [2.75, 3.05) is 13.7 Å². The molecule has 68 valence electrons. The number of carbonyl (C=O) groups is 1. The largest absolute Gasteiger partial charge is 0.469 e. The van der Waals surface area contributed by atoms with E-state index in [2.05, 4.69) is 5.32 Å². The first-order valence-electron chi connectivity index (χ1n) is 4.59. The van der Waals surface area contributed by atoms with E-state index >= 15 is 0 Å². The van der Waals surface area contributed by atoms with E-state index in [1.165, 1.54) is 26.4 Å². The summed E-state index contributed by atoms with van der Waals surface area (Å²) in [5.74, 6) is 0.0570. The summed E-state index contributed by atoms with van der Waals surface area (Å²) in [4.78, 5) is 11.2. The van der Waals surface area contributed by atoms with Gasteiger partial charge in [0.25, 0.3) is 0 Å². The number of esters is 1. The summed E-state index contributed by atoms with van der Waals surface area (Å²) < 4.78 is 4.72. The Bertz CT molecular complexity index is 199. The van der Waals surface area contributed by atoms with Crippen LogP contribution in [0.1, 0.15) is 25.7 Å². The number of nitrogens with one attached hydrogen (secondary N) is 1. The fraction of sp³-hybridized carbons (Fsp3) is 0.889.